The summed E-state index contributed by atoms with van der Waals surface area (Å²) in [4.78, 5) is 19.3. The highest BCUT2D eigenvalue weighted by Crippen LogP contribution is 2.16. The SMILES string of the molecule is Cc1ccc(C(=O)O)cc1F.O=[N+]([O-])c1cccc(S(=O)(=O)O)c1. The normalized spacial score (nSPS) is 10.5. The van der Waals surface area contributed by atoms with E-state index in [4.69, 9.17) is 9.66 Å². The predicted octanol–water partition coefficient (Wildman–Crippen LogP) is 2.67. The van der Waals surface area contributed by atoms with Crippen molar-refractivity contribution in [1.82, 2.24) is 0 Å². The number of aromatic carboxylic acids is 1. The number of non-ortho nitro benzene ring substituents is 1. The lowest BCUT2D eigenvalue weighted by molar-refractivity contribution is -0.385. The summed E-state index contributed by atoms with van der Waals surface area (Å²) in [6.45, 7) is 1.58. The number of carboxylic acids is 1. The number of hydrogen-bond donors (Lipinski definition) is 2. The number of nitrogens with zero attached hydrogens (tertiary/aromatic N) is 1. The number of carboxylic acid groups (broad SMARTS) is 1. The summed E-state index contributed by atoms with van der Waals surface area (Å²) in [7, 11) is -4.36. The molecular weight excluding hydrogens is 345 g/mol. The Labute approximate surface area is 136 Å². The van der Waals surface area contributed by atoms with Gasteiger partial charge in [-0.15, -0.1) is 0 Å². The van der Waals surface area contributed by atoms with E-state index in [1.165, 1.54) is 18.2 Å². The smallest absolute Gasteiger partial charge is 0.335 e. The van der Waals surface area contributed by atoms with Crippen LogP contribution >= 0.6 is 0 Å². The summed E-state index contributed by atoms with van der Waals surface area (Å²) < 4.78 is 42.3. The first-order valence-corrected chi connectivity index (χ1v) is 7.67. The van der Waals surface area contributed by atoms with Gasteiger partial charge in [0, 0.05) is 12.1 Å². The van der Waals surface area contributed by atoms with Gasteiger partial charge in [0.15, 0.2) is 0 Å². The van der Waals surface area contributed by atoms with Gasteiger partial charge < -0.3 is 5.11 Å². The van der Waals surface area contributed by atoms with Crippen LogP contribution in [-0.2, 0) is 10.1 Å². The minimum absolute atomic E-state index is 0.0203. The molecule has 8 nitrogen and oxygen atoms in total. The highest BCUT2D eigenvalue weighted by Gasteiger charge is 2.13. The second-order valence-corrected chi connectivity index (χ2v) is 5.92. The van der Waals surface area contributed by atoms with Gasteiger partial charge in [0.1, 0.15) is 10.7 Å². The van der Waals surface area contributed by atoms with E-state index in [-0.39, 0.29) is 11.3 Å². The van der Waals surface area contributed by atoms with Gasteiger partial charge in [-0.25, -0.2) is 9.18 Å². The monoisotopic (exact) mass is 357 g/mol. The van der Waals surface area contributed by atoms with Crippen LogP contribution in [0.1, 0.15) is 15.9 Å². The first kappa shape index (κ1) is 19.2. The Morgan fingerprint density at radius 1 is 1.21 bits per heavy atom. The van der Waals surface area contributed by atoms with E-state index in [9.17, 15) is 27.7 Å². The Kier molecular flexibility index (Phi) is 6.09. The average Bonchev–Trinajstić information content (AvgIpc) is 2.49. The maximum absolute atomic E-state index is 12.7. The molecule has 0 fully saturated rings. The van der Waals surface area contributed by atoms with Crippen LogP contribution in [0.2, 0.25) is 0 Å². The van der Waals surface area contributed by atoms with E-state index in [1.807, 2.05) is 0 Å². The molecule has 0 amide bonds. The molecule has 2 N–H and O–H groups in total. The van der Waals surface area contributed by atoms with Crippen LogP contribution in [0.25, 0.3) is 0 Å². The molecule has 0 aromatic heterocycles. The van der Waals surface area contributed by atoms with Crippen LogP contribution in [0.3, 0.4) is 0 Å². The van der Waals surface area contributed by atoms with Crippen LogP contribution in [0.5, 0.6) is 0 Å². The first-order chi connectivity index (χ1) is 11.0. The quantitative estimate of drug-likeness (QED) is 0.490. The molecule has 0 saturated heterocycles. The highest BCUT2D eigenvalue weighted by atomic mass is 32.2. The summed E-state index contributed by atoms with van der Waals surface area (Å²) in [5, 5.41) is 18.6. The Morgan fingerprint density at radius 3 is 2.29 bits per heavy atom. The Morgan fingerprint density at radius 2 is 1.83 bits per heavy atom. The first-order valence-electron chi connectivity index (χ1n) is 6.23. The van der Waals surface area contributed by atoms with Crippen molar-refractivity contribution in [3.8, 4) is 0 Å². The molecule has 0 radical (unpaired) electrons. The number of rotatable bonds is 3. The molecule has 0 aliphatic heterocycles. The summed E-state index contributed by atoms with van der Waals surface area (Å²) in [5.74, 6) is -1.59. The molecule has 0 aliphatic rings. The molecule has 0 bridgehead atoms. The molecule has 0 spiro atoms. The molecule has 2 aromatic carbocycles. The van der Waals surface area contributed by atoms with Gasteiger partial charge >= 0.3 is 5.97 Å². The molecule has 24 heavy (non-hydrogen) atoms. The largest absolute Gasteiger partial charge is 0.478 e. The van der Waals surface area contributed by atoms with E-state index in [0.29, 0.717) is 5.56 Å². The molecule has 0 unspecified atom stereocenters. The van der Waals surface area contributed by atoms with Crippen LogP contribution in [0.15, 0.2) is 47.4 Å². The number of nitro benzene ring substituents is 1. The van der Waals surface area contributed by atoms with Gasteiger partial charge in [-0.1, -0.05) is 12.1 Å². The number of nitro groups is 1. The van der Waals surface area contributed by atoms with Crippen LogP contribution in [0.4, 0.5) is 10.1 Å². The molecule has 0 saturated carbocycles. The summed E-state index contributed by atoms with van der Waals surface area (Å²) >= 11 is 0. The van der Waals surface area contributed by atoms with Crippen molar-refractivity contribution in [2.24, 2.45) is 0 Å². The molecule has 2 rings (SSSR count). The number of hydrogen-bond acceptors (Lipinski definition) is 5. The molecule has 128 valence electrons. The highest BCUT2D eigenvalue weighted by molar-refractivity contribution is 7.85. The topological polar surface area (TPSA) is 135 Å². The maximum atomic E-state index is 12.7. The molecular formula is C14H12FNO7S. The fourth-order valence-corrected chi connectivity index (χ4v) is 2.00. The van der Waals surface area contributed by atoms with Gasteiger partial charge in [0.2, 0.25) is 0 Å². The molecule has 2 aromatic rings. The van der Waals surface area contributed by atoms with Crippen LogP contribution < -0.4 is 0 Å². The molecule has 0 atom stereocenters. The van der Waals surface area contributed by atoms with Crippen molar-refractivity contribution in [3.05, 3.63) is 69.5 Å². The molecule has 0 heterocycles. The van der Waals surface area contributed by atoms with E-state index in [0.717, 1.165) is 24.3 Å². The van der Waals surface area contributed by atoms with Crippen molar-refractivity contribution in [1.29, 1.82) is 0 Å². The lowest BCUT2D eigenvalue weighted by Gasteiger charge is -1.96. The van der Waals surface area contributed by atoms with E-state index >= 15 is 0 Å². The zero-order valence-corrected chi connectivity index (χ0v) is 13.0. The fourth-order valence-electron chi connectivity index (χ4n) is 1.48. The number of benzene rings is 2. The second kappa shape index (κ2) is 7.62. The molecule has 0 aliphatic carbocycles. The Balaban J connectivity index is 0.000000243. The van der Waals surface area contributed by atoms with Gasteiger partial charge in [-0.05, 0) is 30.7 Å². The fraction of sp³-hybridized carbons (Fsp3) is 0.0714. The van der Waals surface area contributed by atoms with Gasteiger partial charge in [-0.2, -0.15) is 8.42 Å². The standard InChI is InChI=1S/C8H7FO2.C6H5NO5S/c1-5-2-3-6(8(10)11)4-7(5)9;8-7(9)5-2-1-3-6(4-5)13(10,11)12/h2-4H,1H3,(H,10,11);1-4H,(H,10,11,12). The molecule has 10 heteroatoms. The van der Waals surface area contributed by atoms with Crippen LogP contribution in [0, 0.1) is 22.9 Å². The number of aryl methyl sites for hydroxylation is 1. The lowest BCUT2D eigenvalue weighted by Crippen LogP contribution is -1.98. The second-order valence-electron chi connectivity index (χ2n) is 4.50. The summed E-state index contributed by atoms with van der Waals surface area (Å²) in [6.07, 6.45) is 0. The van der Waals surface area contributed by atoms with E-state index < -0.39 is 31.7 Å². The maximum Gasteiger partial charge on any atom is 0.335 e. The average molecular weight is 357 g/mol. The zero-order chi connectivity index (χ0) is 18.5. The lowest BCUT2D eigenvalue weighted by atomic mass is 10.1. The van der Waals surface area contributed by atoms with Crippen molar-refractivity contribution in [2.45, 2.75) is 11.8 Å². The van der Waals surface area contributed by atoms with Crippen molar-refractivity contribution >= 4 is 21.8 Å². The van der Waals surface area contributed by atoms with Crippen molar-refractivity contribution in [2.75, 3.05) is 0 Å². The van der Waals surface area contributed by atoms with Crippen molar-refractivity contribution in [3.63, 3.8) is 0 Å². The predicted molar refractivity (Wildman–Crippen MR) is 81.0 cm³/mol. The minimum atomic E-state index is -4.36. The third-order valence-electron chi connectivity index (χ3n) is 2.75. The van der Waals surface area contributed by atoms with Crippen LogP contribution in [-0.4, -0.2) is 29.0 Å². The number of carbonyl (C=O) groups is 1. The summed E-state index contributed by atoms with van der Waals surface area (Å²) in [5.41, 5.74) is 0.0539. The van der Waals surface area contributed by atoms with Gasteiger partial charge in [-0.3, -0.25) is 14.7 Å². The van der Waals surface area contributed by atoms with Crippen molar-refractivity contribution < 1.29 is 32.2 Å². The Bertz CT molecular complexity index is 880. The third-order valence-corrected chi connectivity index (χ3v) is 3.59. The Hall–Kier alpha value is -2.85. The van der Waals surface area contributed by atoms with E-state index in [1.54, 1.807) is 6.92 Å². The van der Waals surface area contributed by atoms with Gasteiger partial charge in [0.05, 0.1) is 10.5 Å². The minimum Gasteiger partial charge on any atom is -0.478 e. The van der Waals surface area contributed by atoms with E-state index in [2.05, 4.69) is 0 Å². The third kappa shape index (κ3) is 5.41. The number of halogens is 1. The summed E-state index contributed by atoms with van der Waals surface area (Å²) in [6, 6.07) is 8.00. The van der Waals surface area contributed by atoms with Gasteiger partial charge in [0.25, 0.3) is 15.8 Å². The zero-order valence-electron chi connectivity index (χ0n) is 12.2.